The summed E-state index contributed by atoms with van der Waals surface area (Å²) >= 11 is 3.51. The van der Waals surface area contributed by atoms with Gasteiger partial charge in [-0.3, -0.25) is 9.69 Å². The molecule has 4 rings (SSSR count). The molecule has 192 valence electrons. The van der Waals surface area contributed by atoms with Gasteiger partial charge in [0.05, 0.1) is 36.2 Å². The normalized spacial score (nSPS) is 14.9. The Morgan fingerprint density at radius 2 is 1.83 bits per heavy atom. The van der Waals surface area contributed by atoms with E-state index in [9.17, 15) is 4.79 Å². The van der Waals surface area contributed by atoms with Gasteiger partial charge in [-0.1, -0.05) is 28.1 Å². The van der Waals surface area contributed by atoms with Gasteiger partial charge in [-0.15, -0.1) is 0 Å². The smallest absolute Gasteiger partial charge is 0.320 e. The number of carbonyl (C=O) groups excluding carboxylic acids is 1. The molecule has 1 aliphatic rings. The Labute approximate surface area is 219 Å². The Kier molecular flexibility index (Phi) is 8.60. The highest BCUT2D eigenvalue weighted by Gasteiger charge is 2.20. The number of nitrogens with two attached hydrogens (primary N) is 2. The molecule has 9 nitrogen and oxygen atoms in total. The predicted molar refractivity (Wildman–Crippen MR) is 146 cm³/mol. The van der Waals surface area contributed by atoms with Gasteiger partial charge in [0.15, 0.2) is 0 Å². The Balaban J connectivity index is 1.31. The zero-order valence-corrected chi connectivity index (χ0v) is 22.3. The minimum Gasteiger partial charge on any atom is -0.491 e. The summed E-state index contributed by atoms with van der Waals surface area (Å²) < 4.78 is 12.2. The summed E-state index contributed by atoms with van der Waals surface area (Å²) in [5, 5.41) is 0.822. The van der Waals surface area contributed by atoms with Crippen LogP contribution in [0.1, 0.15) is 20.3 Å². The van der Waals surface area contributed by atoms with Gasteiger partial charge in [0.1, 0.15) is 5.75 Å². The standard InChI is InChI=1S/C26H33BrN6O3/c1-17(2)36-24(34)16-33-10-8-32(9-11-33)7-4-12-35-23-15-22-20(14-21(23)28)25(31-26(29)30-22)18-5-3-6-19(27)13-18/h3,5-6,13-15,17H,4,7-12,16,28H2,1-2H3,(H2,29,30,31). The molecule has 0 saturated carbocycles. The number of esters is 1. The number of hydrogen-bond donors (Lipinski definition) is 2. The van der Waals surface area contributed by atoms with Gasteiger partial charge in [0.25, 0.3) is 0 Å². The Hall–Kier alpha value is -2.95. The fourth-order valence-corrected chi connectivity index (χ4v) is 4.70. The number of carbonyl (C=O) groups is 1. The van der Waals surface area contributed by atoms with Crippen molar-refractivity contribution in [2.24, 2.45) is 0 Å². The fourth-order valence-electron chi connectivity index (χ4n) is 4.30. The molecule has 2 heterocycles. The monoisotopic (exact) mass is 556 g/mol. The number of anilines is 2. The number of nitrogens with zero attached hydrogens (tertiary/aromatic N) is 4. The predicted octanol–water partition coefficient (Wildman–Crippen LogP) is 3.56. The summed E-state index contributed by atoms with van der Waals surface area (Å²) in [6, 6.07) is 11.6. The highest BCUT2D eigenvalue weighted by molar-refractivity contribution is 9.10. The highest BCUT2D eigenvalue weighted by atomic mass is 79.9. The van der Waals surface area contributed by atoms with Gasteiger partial charge in [-0.05, 0) is 38.5 Å². The Morgan fingerprint density at radius 3 is 2.56 bits per heavy atom. The van der Waals surface area contributed by atoms with Crippen molar-refractivity contribution in [2.75, 3.05) is 57.3 Å². The number of rotatable bonds is 9. The van der Waals surface area contributed by atoms with Crippen molar-refractivity contribution in [2.45, 2.75) is 26.4 Å². The van der Waals surface area contributed by atoms with Crippen LogP contribution < -0.4 is 16.2 Å². The van der Waals surface area contributed by atoms with Crippen LogP contribution in [0, 0.1) is 0 Å². The molecule has 10 heteroatoms. The molecule has 0 atom stereocenters. The van der Waals surface area contributed by atoms with Gasteiger partial charge in [0, 0.05) is 54.2 Å². The average Bonchev–Trinajstić information content (AvgIpc) is 2.82. The van der Waals surface area contributed by atoms with Crippen LogP contribution in [0.3, 0.4) is 0 Å². The van der Waals surface area contributed by atoms with Crippen LogP contribution >= 0.6 is 15.9 Å². The van der Waals surface area contributed by atoms with Gasteiger partial charge in [0.2, 0.25) is 5.95 Å². The average molecular weight is 557 g/mol. The maximum absolute atomic E-state index is 11.9. The lowest BCUT2D eigenvalue weighted by atomic mass is 10.1. The molecule has 0 unspecified atom stereocenters. The number of piperazine rings is 1. The maximum atomic E-state index is 11.9. The lowest BCUT2D eigenvalue weighted by Gasteiger charge is -2.34. The van der Waals surface area contributed by atoms with Gasteiger partial charge in [-0.25, -0.2) is 9.97 Å². The first-order valence-electron chi connectivity index (χ1n) is 12.2. The second-order valence-corrected chi connectivity index (χ2v) is 10.1. The van der Waals surface area contributed by atoms with E-state index in [1.807, 2.05) is 50.2 Å². The molecule has 0 bridgehead atoms. The van der Waals surface area contributed by atoms with Gasteiger partial charge in [-0.2, -0.15) is 0 Å². The molecule has 0 spiro atoms. The number of hydrogen-bond acceptors (Lipinski definition) is 9. The third-order valence-electron chi connectivity index (χ3n) is 6.00. The zero-order chi connectivity index (χ0) is 25.7. The zero-order valence-electron chi connectivity index (χ0n) is 20.7. The number of fused-ring (bicyclic) bond motifs is 1. The first kappa shape index (κ1) is 26.1. The van der Waals surface area contributed by atoms with E-state index >= 15 is 0 Å². The number of benzene rings is 2. The topological polar surface area (TPSA) is 120 Å². The molecule has 3 aromatic rings. The molecule has 1 aromatic heterocycles. The third kappa shape index (κ3) is 6.83. The van der Waals surface area contributed by atoms with Crippen molar-refractivity contribution in [3.8, 4) is 17.0 Å². The third-order valence-corrected chi connectivity index (χ3v) is 6.50. The summed E-state index contributed by atoms with van der Waals surface area (Å²) in [5.41, 5.74) is 15.2. The quantitative estimate of drug-likeness (QED) is 0.231. The number of nitrogen functional groups attached to an aromatic ring is 2. The number of halogens is 1. The van der Waals surface area contributed by atoms with Gasteiger partial charge >= 0.3 is 5.97 Å². The van der Waals surface area contributed by atoms with Crippen LogP contribution in [-0.2, 0) is 9.53 Å². The van der Waals surface area contributed by atoms with Crippen molar-refractivity contribution >= 4 is 44.4 Å². The first-order chi connectivity index (χ1) is 17.3. The summed E-state index contributed by atoms with van der Waals surface area (Å²) in [6.07, 6.45) is 0.788. The Morgan fingerprint density at radius 1 is 1.08 bits per heavy atom. The molecule has 4 N–H and O–H groups in total. The van der Waals surface area contributed by atoms with Crippen LogP contribution in [0.4, 0.5) is 11.6 Å². The van der Waals surface area contributed by atoms with E-state index in [2.05, 4.69) is 35.7 Å². The second kappa shape index (κ2) is 11.9. The van der Waals surface area contributed by atoms with Crippen LogP contribution in [0.25, 0.3) is 22.2 Å². The SMILES string of the molecule is CC(C)OC(=O)CN1CCN(CCCOc2cc3nc(N)nc(-c4cccc(Br)c4)c3cc2N)CC1. The lowest BCUT2D eigenvalue weighted by Crippen LogP contribution is -2.48. The van der Waals surface area contributed by atoms with Crippen LogP contribution in [0.2, 0.25) is 0 Å². The molecule has 1 fully saturated rings. The van der Waals surface area contributed by atoms with E-state index in [0.717, 1.165) is 60.3 Å². The highest BCUT2D eigenvalue weighted by Crippen LogP contribution is 2.34. The summed E-state index contributed by atoms with van der Waals surface area (Å²) in [5.74, 6) is 0.634. The molecule has 0 radical (unpaired) electrons. The maximum Gasteiger partial charge on any atom is 0.320 e. The largest absolute Gasteiger partial charge is 0.491 e. The minimum absolute atomic E-state index is 0.0754. The van der Waals surface area contributed by atoms with Crippen molar-refractivity contribution in [1.29, 1.82) is 0 Å². The van der Waals surface area contributed by atoms with E-state index in [0.29, 0.717) is 30.1 Å². The molecule has 1 saturated heterocycles. The van der Waals surface area contributed by atoms with E-state index in [1.54, 1.807) is 0 Å². The van der Waals surface area contributed by atoms with Crippen molar-refractivity contribution in [1.82, 2.24) is 19.8 Å². The first-order valence-corrected chi connectivity index (χ1v) is 13.0. The van der Waals surface area contributed by atoms with Crippen molar-refractivity contribution < 1.29 is 14.3 Å². The summed E-state index contributed by atoms with van der Waals surface area (Å²) in [6.45, 7) is 9.09. The molecular weight excluding hydrogens is 524 g/mol. The molecule has 0 aliphatic carbocycles. The lowest BCUT2D eigenvalue weighted by molar-refractivity contribution is -0.149. The molecule has 2 aromatic carbocycles. The van der Waals surface area contributed by atoms with Crippen LogP contribution in [-0.4, -0.2) is 77.7 Å². The van der Waals surface area contributed by atoms with E-state index in [-0.39, 0.29) is 18.0 Å². The molecule has 1 aliphatic heterocycles. The van der Waals surface area contributed by atoms with Crippen LogP contribution in [0.15, 0.2) is 40.9 Å². The minimum atomic E-state index is -0.157. The second-order valence-electron chi connectivity index (χ2n) is 9.21. The molecule has 36 heavy (non-hydrogen) atoms. The summed E-state index contributed by atoms with van der Waals surface area (Å²) in [7, 11) is 0. The van der Waals surface area contributed by atoms with Crippen LogP contribution in [0.5, 0.6) is 5.75 Å². The van der Waals surface area contributed by atoms with E-state index in [4.69, 9.17) is 20.9 Å². The van der Waals surface area contributed by atoms with Crippen molar-refractivity contribution in [3.05, 3.63) is 40.9 Å². The van der Waals surface area contributed by atoms with E-state index in [1.165, 1.54) is 0 Å². The summed E-state index contributed by atoms with van der Waals surface area (Å²) in [4.78, 5) is 25.3. The Bertz CT molecular complexity index is 1210. The molecular formula is C26H33BrN6O3. The van der Waals surface area contributed by atoms with E-state index < -0.39 is 0 Å². The number of ether oxygens (including phenoxy) is 2. The fraction of sp³-hybridized carbons (Fsp3) is 0.423. The molecule has 0 amide bonds. The number of aromatic nitrogens is 2. The van der Waals surface area contributed by atoms with Gasteiger partial charge < -0.3 is 25.8 Å². The van der Waals surface area contributed by atoms with Crippen molar-refractivity contribution in [3.63, 3.8) is 0 Å².